The molecule has 0 heterocycles. The van der Waals surface area contributed by atoms with Crippen molar-refractivity contribution in [3.8, 4) is 5.75 Å². The first kappa shape index (κ1) is 20.1. The Morgan fingerprint density at radius 1 is 1.08 bits per heavy atom. The average Bonchev–Trinajstić information content (AvgIpc) is 2.31. The molecule has 0 fully saturated rings. The van der Waals surface area contributed by atoms with Gasteiger partial charge in [0.05, 0.1) is 11.6 Å². The van der Waals surface area contributed by atoms with Crippen molar-refractivity contribution in [3.05, 3.63) is 29.8 Å². The van der Waals surface area contributed by atoms with Crippen LogP contribution in [-0.2, 0) is 4.74 Å². The van der Waals surface area contributed by atoms with E-state index in [0.29, 0.717) is 5.56 Å². The molecule has 8 heteroatoms. The van der Waals surface area contributed by atoms with Crippen molar-refractivity contribution in [3.63, 3.8) is 0 Å². The summed E-state index contributed by atoms with van der Waals surface area (Å²) in [6.07, 6.45) is -5.53. The molecule has 1 atom stereocenters. The zero-order valence-corrected chi connectivity index (χ0v) is 14.2. The summed E-state index contributed by atoms with van der Waals surface area (Å²) >= 11 is 0. The second-order valence-corrected chi connectivity index (χ2v) is 6.85. The van der Waals surface area contributed by atoms with Crippen LogP contribution >= 0.6 is 0 Å². The molecule has 0 bridgehead atoms. The van der Waals surface area contributed by atoms with Gasteiger partial charge in [-0.1, -0.05) is 12.1 Å². The Labute approximate surface area is 138 Å². The lowest BCUT2D eigenvalue weighted by atomic mass is 9.92. The lowest BCUT2D eigenvalue weighted by molar-refractivity contribution is -0.274. The van der Waals surface area contributed by atoms with Gasteiger partial charge in [0, 0.05) is 0 Å². The molecule has 0 aliphatic rings. The number of hydrogen-bond acceptors (Lipinski definition) is 4. The lowest BCUT2D eigenvalue weighted by Gasteiger charge is -2.31. The van der Waals surface area contributed by atoms with Crippen molar-refractivity contribution >= 4 is 6.09 Å². The molecule has 5 nitrogen and oxygen atoms in total. The number of carbonyl (C=O) groups excluding carboxylic acids is 1. The number of benzene rings is 1. The maximum atomic E-state index is 12.2. The second-order valence-electron chi connectivity index (χ2n) is 6.85. The van der Waals surface area contributed by atoms with Crippen LogP contribution in [0.1, 0.15) is 46.2 Å². The summed E-state index contributed by atoms with van der Waals surface area (Å²) in [5.41, 5.74) is -1.69. The van der Waals surface area contributed by atoms with Crippen LogP contribution in [0.25, 0.3) is 0 Å². The molecule has 0 saturated heterocycles. The lowest BCUT2D eigenvalue weighted by Crippen LogP contribution is -2.44. The Kier molecular flexibility index (Phi) is 5.76. The molecule has 0 unspecified atom stereocenters. The molecule has 1 amide bonds. The first-order chi connectivity index (χ1) is 10.7. The van der Waals surface area contributed by atoms with Crippen molar-refractivity contribution < 1.29 is 32.5 Å². The number of nitrogens with one attached hydrogen (secondary N) is 1. The molecule has 0 spiro atoms. The Balaban J connectivity index is 2.95. The third-order valence-electron chi connectivity index (χ3n) is 2.81. The minimum atomic E-state index is -4.79. The molecule has 1 aromatic rings. The fraction of sp³-hybridized carbons (Fsp3) is 0.562. The van der Waals surface area contributed by atoms with Crippen LogP contribution in [0.4, 0.5) is 18.0 Å². The predicted molar refractivity (Wildman–Crippen MR) is 81.5 cm³/mol. The summed E-state index contributed by atoms with van der Waals surface area (Å²) in [4.78, 5) is 11.9. The monoisotopic (exact) mass is 349 g/mol. The minimum absolute atomic E-state index is 0.391. The van der Waals surface area contributed by atoms with Crippen LogP contribution in [0.3, 0.4) is 0 Å². The highest BCUT2D eigenvalue weighted by Gasteiger charge is 2.33. The highest BCUT2D eigenvalue weighted by atomic mass is 19.4. The van der Waals surface area contributed by atoms with E-state index in [-0.39, 0.29) is 0 Å². The Bertz CT molecular complexity index is 557. The first-order valence-electron chi connectivity index (χ1n) is 7.25. The number of carbonyl (C=O) groups is 1. The fourth-order valence-corrected chi connectivity index (χ4v) is 1.96. The molecular formula is C16H22F3NO4. The summed E-state index contributed by atoms with van der Waals surface area (Å²) < 4.78 is 45.5. The van der Waals surface area contributed by atoms with Crippen molar-refractivity contribution in [1.29, 1.82) is 0 Å². The van der Waals surface area contributed by atoms with E-state index in [1.54, 1.807) is 20.8 Å². The van der Waals surface area contributed by atoms with Crippen LogP contribution in [0.15, 0.2) is 24.3 Å². The normalized spacial score (nSPS) is 14.0. The van der Waals surface area contributed by atoms with Crippen LogP contribution in [0, 0.1) is 0 Å². The van der Waals surface area contributed by atoms with E-state index < -0.39 is 35.4 Å². The van der Waals surface area contributed by atoms with Gasteiger partial charge in [0.1, 0.15) is 11.4 Å². The van der Waals surface area contributed by atoms with E-state index in [2.05, 4.69) is 10.1 Å². The molecule has 24 heavy (non-hydrogen) atoms. The topological polar surface area (TPSA) is 67.8 Å². The molecule has 0 aliphatic carbocycles. The summed E-state index contributed by atoms with van der Waals surface area (Å²) in [7, 11) is 0. The van der Waals surface area contributed by atoms with Crippen LogP contribution in [0.2, 0.25) is 0 Å². The highest BCUT2D eigenvalue weighted by molar-refractivity contribution is 5.68. The zero-order chi connectivity index (χ0) is 18.8. The molecule has 2 N–H and O–H groups in total. The minimum Gasteiger partial charge on any atom is -0.444 e. The first-order valence-corrected chi connectivity index (χ1v) is 7.25. The third kappa shape index (κ3) is 7.08. The number of hydrogen-bond donors (Lipinski definition) is 2. The van der Waals surface area contributed by atoms with Gasteiger partial charge in [0.2, 0.25) is 0 Å². The van der Waals surface area contributed by atoms with Crippen molar-refractivity contribution in [1.82, 2.24) is 5.32 Å². The summed E-state index contributed by atoms with van der Waals surface area (Å²) in [6.45, 7) is 8.00. The number of rotatable bonds is 4. The SMILES string of the molecule is CC(C)(C)OC(=O)N[C@@H](c1ccc(OC(F)(F)F)cc1)C(C)(C)O. The van der Waals surface area contributed by atoms with E-state index in [1.165, 1.54) is 26.0 Å². The average molecular weight is 349 g/mol. The van der Waals surface area contributed by atoms with Gasteiger partial charge in [-0.05, 0) is 52.3 Å². The van der Waals surface area contributed by atoms with Gasteiger partial charge in [0.15, 0.2) is 0 Å². The van der Waals surface area contributed by atoms with Gasteiger partial charge in [-0.2, -0.15) is 0 Å². The molecule has 0 radical (unpaired) electrons. The molecular weight excluding hydrogens is 327 g/mol. The smallest absolute Gasteiger partial charge is 0.444 e. The number of amides is 1. The fourth-order valence-electron chi connectivity index (χ4n) is 1.96. The van der Waals surface area contributed by atoms with Gasteiger partial charge in [-0.3, -0.25) is 0 Å². The number of alkyl halides is 3. The number of aliphatic hydroxyl groups is 1. The molecule has 136 valence electrons. The van der Waals surface area contributed by atoms with Crippen molar-refractivity contribution in [2.75, 3.05) is 0 Å². The van der Waals surface area contributed by atoms with Gasteiger partial charge in [-0.25, -0.2) is 4.79 Å². The van der Waals surface area contributed by atoms with Gasteiger partial charge < -0.3 is 19.9 Å². The quantitative estimate of drug-likeness (QED) is 0.864. The number of halogens is 3. The summed E-state index contributed by atoms with van der Waals surface area (Å²) in [6, 6.07) is 4.01. The number of alkyl carbamates (subject to hydrolysis) is 1. The second kappa shape index (κ2) is 6.88. The molecule has 1 aromatic carbocycles. The van der Waals surface area contributed by atoms with Crippen molar-refractivity contribution in [2.24, 2.45) is 0 Å². The Morgan fingerprint density at radius 3 is 1.96 bits per heavy atom. The maximum Gasteiger partial charge on any atom is 0.573 e. The van der Waals surface area contributed by atoms with Crippen LogP contribution in [0.5, 0.6) is 5.75 Å². The van der Waals surface area contributed by atoms with E-state index in [0.717, 1.165) is 12.1 Å². The third-order valence-corrected chi connectivity index (χ3v) is 2.81. The van der Waals surface area contributed by atoms with E-state index in [4.69, 9.17) is 4.74 Å². The van der Waals surface area contributed by atoms with Gasteiger partial charge in [0.25, 0.3) is 0 Å². The van der Waals surface area contributed by atoms with Crippen LogP contribution < -0.4 is 10.1 Å². The van der Waals surface area contributed by atoms with Crippen molar-refractivity contribution in [2.45, 2.75) is 58.2 Å². The zero-order valence-electron chi connectivity index (χ0n) is 14.2. The maximum absolute atomic E-state index is 12.2. The van der Waals surface area contributed by atoms with Gasteiger partial charge in [-0.15, -0.1) is 13.2 Å². The Morgan fingerprint density at radius 2 is 1.58 bits per heavy atom. The Hall–Kier alpha value is -1.96. The standard InChI is InChI=1S/C16H22F3NO4/c1-14(2,3)24-13(21)20-12(15(4,5)22)10-6-8-11(9-7-10)23-16(17,18)19/h6-9,12,22H,1-5H3,(H,20,21)/t12-/m0/s1. The van der Waals surface area contributed by atoms with Gasteiger partial charge >= 0.3 is 12.5 Å². The molecule has 0 aromatic heterocycles. The number of ether oxygens (including phenoxy) is 2. The highest BCUT2D eigenvalue weighted by Crippen LogP contribution is 2.29. The van der Waals surface area contributed by atoms with E-state index in [1.807, 2.05) is 0 Å². The summed E-state index contributed by atoms with van der Waals surface area (Å²) in [5.74, 6) is -0.391. The van der Waals surface area contributed by atoms with Crippen LogP contribution in [-0.4, -0.2) is 28.8 Å². The van der Waals surface area contributed by atoms with E-state index in [9.17, 15) is 23.1 Å². The molecule has 1 rings (SSSR count). The molecule has 0 aliphatic heterocycles. The summed E-state index contributed by atoms with van der Waals surface area (Å²) in [5, 5.41) is 12.8. The van der Waals surface area contributed by atoms with E-state index >= 15 is 0 Å². The predicted octanol–water partition coefficient (Wildman–Crippen LogP) is 3.92. The molecule has 0 saturated carbocycles. The largest absolute Gasteiger partial charge is 0.573 e.